The largest absolute Gasteiger partial charge is 0.342 e. The third-order valence-corrected chi connectivity index (χ3v) is 4.78. The quantitative estimate of drug-likeness (QED) is 0.635. The summed E-state index contributed by atoms with van der Waals surface area (Å²) in [6.07, 6.45) is 12.9. The van der Waals surface area contributed by atoms with Crippen molar-refractivity contribution in [1.29, 1.82) is 0 Å². The van der Waals surface area contributed by atoms with E-state index in [4.69, 9.17) is 0 Å². The highest BCUT2D eigenvalue weighted by Gasteiger charge is 2.43. The van der Waals surface area contributed by atoms with Gasteiger partial charge in [-0.25, -0.2) is 0 Å². The molecular formula is C17H29NO. The van der Waals surface area contributed by atoms with Crippen molar-refractivity contribution < 1.29 is 4.79 Å². The zero-order valence-corrected chi connectivity index (χ0v) is 12.6. The first-order chi connectivity index (χ1) is 9.26. The van der Waals surface area contributed by atoms with Gasteiger partial charge in [-0.15, -0.1) is 0 Å². The first kappa shape index (κ1) is 14.6. The topological polar surface area (TPSA) is 20.3 Å². The third-order valence-electron chi connectivity index (χ3n) is 4.78. The SMILES string of the molecule is CCCCN(C[C@H]1CC1C1CC=CCC1)C(=O)CC. The van der Waals surface area contributed by atoms with Crippen LogP contribution in [0.1, 0.15) is 58.8 Å². The minimum atomic E-state index is 0.350. The van der Waals surface area contributed by atoms with Crippen LogP contribution in [0.4, 0.5) is 0 Å². The van der Waals surface area contributed by atoms with Crippen molar-refractivity contribution in [2.24, 2.45) is 17.8 Å². The molecule has 1 amide bonds. The lowest BCUT2D eigenvalue weighted by Gasteiger charge is -2.23. The van der Waals surface area contributed by atoms with E-state index in [0.717, 1.165) is 37.3 Å². The van der Waals surface area contributed by atoms with Crippen molar-refractivity contribution in [2.75, 3.05) is 13.1 Å². The lowest BCUT2D eigenvalue weighted by atomic mass is 9.89. The van der Waals surface area contributed by atoms with Gasteiger partial charge < -0.3 is 4.90 Å². The molecular weight excluding hydrogens is 234 g/mol. The van der Waals surface area contributed by atoms with Gasteiger partial charge in [-0.3, -0.25) is 4.79 Å². The molecule has 0 bridgehead atoms. The highest BCUT2D eigenvalue weighted by Crippen LogP contribution is 2.48. The zero-order valence-electron chi connectivity index (χ0n) is 12.6. The molecule has 0 spiro atoms. The number of amides is 1. The van der Waals surface area contributed by atoms with E-state index in [0.29, 0.717) is 12.3 Å². The summed E-state index contributed by atoms with van der Waals surface area (Å²) < 4.78 is 0. The molecule has 1 saturated carbocycles. The maximum atomic E-state index is 12.0. The van der Waals surface area contributed by atoms with Gasteiger partial charge in [0.1, 0.15) is 0 Å². The predicted molar refractivity (Wildman–Crippen MR) is 79.9 cm³/mol. The number of hydrogen-bond acceptors (Lipinski definition) is 1. The van der Waals surface area contributed by atoms with E-state index in [2.05, 4.69) is 24.0 Å². The summed E-state index contributed by atoms with van der Waals surface area (Å²) in [4.78, 5) is 14.1. The fraction of sp³-hybridized carbons (Fsp3) is 0.824. The van der Waals surface area contributed by atoms with Crippen LogP contribution in [0.15, 0.2) is 12.2 Å². The smallest absolute Gasteiger partial charge is 0.222 e. The standard InChI is InChI=1S/C17H29NO/c1-3-5-11-18(17(19)4-2)13-15-12-16(15)14-9-7-6-8-10-14/h6-7,14-16H,3-5,8-13H2,1-2H3/t14?,15-,16?/m1/s1. The molecule has 0 heterocycles. The van der Waals surface area contributed by atoms with Crippen molar-refractivity contribution in [3.05, 3.63) is 12.2 Å². The summed E-state index contributed by atoms with van der Waals surface area (Å²) in [5.74, 6) is 2.95. The lowest BCUT2D eigenvalue weighted by Crippen LogP contribution is -2.33. The van der Waals surface area contributed by atoms with Gasteiger partial charge in [-0.05, 0) is 49.9 Å². The predicted octanol–water partition coefficient (Wildman–Crippen LogP) is 4.02. The second-order valence-electron chi connectivity index (χ2n) is 6.25. The fourth-order valence-corrected chi connectivity index (χ4v) is 3.44. The Morgan fingerprint density at radius 3 is 2.79 bits per heavy atom. The van der Waals surface area contributed by atoms with Gasteiger partial charge in [0.05, 0.1) is 0 Å². The van der Waals surface area contributed by atoms with Crippen LogP contribution in [0, 0.1) is 17.8 Å². The number of allylic oxidation sites excluding steroid dienone is 2. The molecule has 19 heavy (non-hydrogen) atoms. The Morgan fingerprint density at radius 2 is 2.16 bits per heavy atom. The Bertz CT molecular complexity index is 323. The monoisotopic (exact) mass is 263 g/mol. The molecule has 1 fully saturated rings. The van der Waals surface area contributed by atoms with E-state index in [1.807, 2.05) is 6.92 Å². The van der Waals surface area contributed by atoms with E-state index in [9.17, 15) is 4.79 Å². The van der Waals surface area contributed by atoms with E-state index < -0.39 is 0 Å². The average Bonchev–Trinajstić information content (AvgIpc) is 3.23. The van der Waals surface area contributed by atoms with Crippen LogP contribution in [-0.4, -0.2) is 23.9 Å². The molecule has 2 heteroatoms. The zero-order chi connectivity index (χ0) is 13.7. The molecule has 0 aromatic rings. The normalized spacial score (nSPS) is 29.3. The Kier molecular flexibility index (Phi) is 5.47. The van der Waals surface area contributed by atoms with Crippen molar-refractivity contribution >= 4 is 5.91 Å². The summed E-state index contributed by atoms with van der Waals surface area (Å²) in [5.41, 5.74) is 0. The minimum absolute atomic E-state index is 0.350. The van der Waals surface area contributed by atoms with E-state index in [1.54, 1.807) is 0 Å². The maximum Gasteiger partial charge on any atom is 0.222 e. The van der Waals surface area contributed by atoms with Gasteiger partial charge in [0.2, 0.25) is 5.91 Å². The highest BCUT2D eigenvalue weighted by molar-refractivity contribution is 5.75. The van der Waals surface area contributed by atoms with Crippen LogP contribution in [0.2, 0.25) is 0 Å². The Morgan fingerprint density at radius 1 is 1.32 bits per heavy atom. The van der Waals surface area contributed by atoms with Crippen molar-refractivity contribution in [3.63, 3.8) is 0 Å². The van der Waals surface area contributed by atoms with Crippen LogP contribution >= 0.6 is 0 Å². The third kappa shape index (κ3) is 4.09. The number of carbonyl (C=O) groups is 1. The van der Waals surface area contributed by atoms with Crippen molar-refractivity contribution in [3.8, 4) is 0 Å². The second-order valence-corrected chi connectivity index (χ2v) is 6.25. The molecule has 0 aliphatic heterocycles. The fourth-order valence-electron chi connectivity index (χ4n) is 3.44. The molecule has 2 aliphatic rings. The molecule has 3 atom stereocenters. The van der Waals surface area contributed by atoms with Gasteiger partial charge in [-0.1, -0.05) is 32.4 Å². The summed E-state index contributed by atoms with van der Waals surface area (Å²) in [6, 6.07) is 0. The molecule has 2 aliphatic carbocycles. The van der Waals surface area contributed by atoms with Crippen LogP contribution in [-0.2, 0) is 4.79 Å². The van der Waals surface area contributed by atoms with E-state index in [-0.39, 0.29) is 0 Å². The summed E-state index contributed by atoms with van der Waals surface area (Å²) >= 11 is 0. The number of nitrogens with zero attached hydrogens (tertiary/aromatic N) is 1. The first-order valence-corrected chi connectivity index (χ1v) is 8.19. The van der Waals surface area contributed by atoms with Gasteiger partial charge in [0.15, 0.2) is 0 Å². The van der Waals surface area contributed by atoms with Gasteiger partial charge in [0.25, 0.3) is 0 Å². The van der Waals surface area contributed by atoms with Gasteiger partial charge in [-0.2, -0.15) is 0 Å². The van der Waals surface area contributed by atoms with Crippen LogP contribution in [0.25, 0.3) is 0 Å². The summed E-state index contributed by atoms with van der Waals surface area (Å²) in [5, 5.41) is 0. The molecule has 2 rings (SSSR count). The minimum Gasteiger partial charge on any atom is -0.342 e. The lowest BCUT2D eigenvalue weighted by molar-refractivity contribution is -0.131. The molecule has 2 unspecified atom stereocenters. The van der Waals surface area contributed by atoms with Crippen molar-refractivity contribution in [2.45, 2.75) is 58.8 Å². The molecule has 0 N–H and O–H groups in total. The second kappa shape index (κ2) is 7.12. The van der Waals surface area contributed by atoms with Crippen molar-refractivity contribution in [1.82, 2.24) is 4.90 Å². The highest BCUT2D eigenvalue weighted by atomic mass is 16.2. The molecule has 0 saturated heterocycles. The summed E-state index contributed by atoms with van der Waals surface area (Å²) in [6.45, 7) is 6.18. The van der Waals surface area contributed by atoms with Gasteiger partial charge >= 0.3 is 0 Å². The Labute approximate surface area is 118 Å². The number of unbranched alkanes of at least 4 members (excludes halogenated alkanes) is 1. The average molecular weight is 263 g/mol. The Balaban J connectivity index is 1.78. The molecule has 108 valence electrons. The first-order valence-electron chi connectivity index (χ1n) is 8.19. The molecule has 0 radical (unpaired) electrons. The number of hydrogen-bond donors (Lipinski definition) is 0. The van der Waals surface area contributed by atoms with Crippen LogP contribution < -0.4 is 0 Å². The van der Waals surface area contributed by atoms with Crippen LogP contribution in [0.3, 0.4) is 0 Å². The number of rotatable bonds is 7. The molecule has 2 nitrogen and oxygen atoms in total. The maximum absolute atomic E-state index is 12.0. The molecule has 0 aromatic heterocycles. The van der Waals surface area contributed by atoms with E-state index in [1.165, 1.54) is 32.1 Å². The number of carbonyl (C=O) groups excluding carboxylic acids is 1. The van der Waals surface area contributed by atoms with Gasteiger partial charge in [0, 0.05) is 19.5 Å². The summed E-state index contributed by atoms with van der Waals surface area (Å²) in [7, 11) is 0. The van der Waals surface area contributed by atoms with E-state index >= 15 is 0 Å². The van der Waals surface area contributed by atoms with Crippen LogP contribution in [0.5, 0.6) is 0 Å². The molecule has 0 aromatic carbocycles. The Hall–Kier alpha value is -0.790.